The molecule has 1 heterocycles. The van der Waals surface area contributed by atoms with Crippen molar-refractivity contribution >= 4 is 17.6 Å². The van der Waals surface area contributed by atoms with Gasteiger partial charge in [0.15, 0.2) is 0 Å². The SMILES string of the molecule is O=C(OCc1ccccc1)c1cc(-n2c(=O)cc(C(F)(F)F)[nH]c2=O)c(F)cc1Cl. The van der Waals surface area contributed by atoms with E-state index in [0.29, 0.717) is 11.6 Å². The van der Waals surface area contributed by atoms with E-state index in [2.05, 4.69) is 0 Å². The van der Waals surface area contributed by atoms with Gasteiger partial charge in [-0.25, -0.2) is 18.5 Å². The lowest BCUT2D eigenvalue weighted by Crippen LogP contribution is -2.36. The van der Waals surface area contributed by atoms with Crippen LogP contribution in [0.2, 0.25) is 5.02 Å². The Bertz CT molecular complexity index is 1190. The summed E-state index contributed by atoms with van der Waals surface area (Å²) in [5.74, 6) is -2.19. The summed E-state index contributed by atoms with van der Waals surface area (Å²) in [6, 6.07) is 10.1. The third-order valence-corrected chi connectivity index (χ3v) is 4.26. The number of nitrogens with one attached hydrogen (secondary N) is 1. The molecule has 2 aromatic carbocycles. The summed E-state index contributed by atoms with van der Waals surface area (Å²) in [7, 11) is 0. The van der Waals surface area contributed by atoms with Crippen molar-refractivity contribution in [2.45, 2.75) is 12.8 Å². The highest BCUT2D eigenvalue weighted by molar-refractivity contribution is 6.33. The Hall–Kier alpha value is -3.40. The van der Waals surface area contributed by atoms with Crippen molar-refractivity contribution in [3.63, 3.8) is 0 Å². The highest BCUT2D eigenvalue weighted by Gasteiger charge is 2.33. The van der Waals surface area contributed by atoms with Gasteiger partial charge in [0.05, 0.1) is 16.3 Å². The third-order valence-electron chi connectivity index (χ3n) is 3.95. The summed E-state index contributed by atoms with van der Waals surface area (Å²) in [6.45, 7) is -0.135. The first-order chi connectivity index (χ1) is 14.1. The van der Waals surface area contributed by atoms with Gasteiger partial charge in [-0.1, -0.05) is 41.9 Å². The molecule has 3 rings (SSSR count). The second kappa shape index (κ2) is 8.15. The number of ether oxygens (including phenoxy) is 1. The van der Waals surface area contributed by atoms with Crippen LogP contribution in [0.3, 0.4) is 0 Å². The van der Waals surface area contributed by atoms with Crippen molar-refractivity contribution in [2.24, 2.45) is 0 Å². The third kappa shape index (κ3) is 4.43. The predicted octanol–water partition coefficient (Wildman–Crippen LogP) is 3.69. The fourth-order valence-corrected chi connectivity index (χ4v) is 2.77. The maximum atomic E-state index is 14.4. The average molecular weight is 443 g/mol. The number of aromatic nitrogens is 2. The fraction of sp³-hybridized carbons (Fsp3) is 0.105. The molecular weight excluding hydrogens is 432 g/mol. The molecule has 0 atom stereocenters. The molecule has 0 radical (unpaired) electrons. The summed E-state index contributed by atoms with van der Waals surface area (Å²) < 4.78 is 57.8. The second-order valence-electron chi connectivity index (χ2n) is 6.00. The van der Waals surface area contributed by atoms with Crippen LogP contribution in [-0.2, 0) is 17.5 Å². The maximum Gasteiger partial charge on any atom is 0.431 e. The number of carbonyl (C=O) groups excluding carboxylic acids is 1. The van der Waals surface area contributed by atoms with Crippen molar-refractivity contribution in [2.75, 3.05) is 0 Å². The molecule has 30 heavy (non-hydrogen) atoms. The fourth-order valence-electron chi connectivity index (χ4n) is 2.54. The van der Waals surface area contributed by atoms with Crippen molar-refractivity contribution in [3.8, 4) is 5.69 Å². The first kappa shape index (κ1) is 21.3. The molecule has 0 aliphatic rings. The van der Waals surface area contributed by atoms with Crippen LogP contribution < -0.4 is 11.2 Å². The summed E-state index contributed by atoms with van der Waals surface area (Å²) in [5, 5.41) is -0.370. The maximum absolute atomic E-state index is 14.4. The Labute approximate surface area is 170 Å². The first-order valence-electron chi connectivity index (χ1n) is 8.22. The van der Waals surface area contributed by atoms with Gasteiger partial charge in [-0.2, -0.15) is 13.2 Å². The van der Waals surface area contributed by atoms with Crippen molar-refractivity contribution in [3.05, 3.63) is 97.0 Å². The highest BCUT2D eigenvalue weighted by atomic mass is 35.5. The van der Waals surface area contributed by atoms with Crippen LogP contribution in [0.4, 0.5) is 17.6 Å². The average Bonchev–Trinajstić information content (AvgIpc) is 2.67. The van der Waals surface area contributed by atoms with Crippen LogP contribution in [0.1, 0.15) is 21.6 Å². The number of benzene rings is 2. The van der Waals surface area contributed by atoms with Crippen LogP contribution in [-0.4, -0.2) is 15.5 Å². The Morgan fingerprint density at radius 1 is 1.10 bits per heavy atom. The molecule has 0 unspecified atom stereocenters. The monoisotopic (exact) mass is 442 g/mol. The number of hydrogen-bond donors (Lipinski definition) is 1. The van der Waals surface area contributed by atoms with Gasteiger partial charge in [-0.15, -0.1) is 0 Å². The van der Waals surface area contributed by atoms with Crippen LogP contribution in [0, 0.1) is 5.82 Å². The molecule has 0 saturated heterocycles. The van der Waals surface area contributed by atoms with Gasteiger partial charge in [-0.3, -0.25) is 4.79 Å². The number of halogens is 5. The number of alkyl halides is 3. The Morgan fingerprint density at radius 3 is 2.37 bits per heavy atom. The topological polar surface area (TPSA) is 81.2 Å². The smallest absolute Gasteiger partial charge is 0.431 e. The highest BCUT2D eigenvalue weighted by Crippen LogP contribution is 2.26. The molecule has 0 fully saturated rings. The first-order valence-corrected chi connectivity index (χ1v) is 8.60. The number of aromatic amines is 1. The Kier molecular flexibility index (Phi) is 5.79. The standard InChI is InChI=1S/C19H11ClF4N2O4/c20-12-7-13(21)14(26-16(27)8-15(19(22,23)24)25-18(26)29)6-11(12)17(28)30-9-10-4-2-1-3-5-10/h1-8H,9H2,(H,25,29). The summed E-state index contributed by atoms with van der Waals surface area (Å²) in [5.41, 5.74) is -5.07. The molecule has 0 spiro atoms. The minimum absolute atomic E-state index is 0.100. The molecule has 156 valence electrons. The summed E-state index contributed by atoms with van der Waals surface area (Å²) in [4.78, 5) is 37.9. The van der Waals surface area contributed by atoms with E-state index in [1.165, 1.54) is 4.98 Å². The Balaban J connectivity index is 2.01. The van der Waals surface area contributed by atoms with E-state index in [9.17, 15) is 31.9 Å². The van der Waals surface area contributed by atoms with E-state index in [-0.39, 0.29) is 27.8 Å². The summed E-state index contributed by atoms with van der Waals surface area (Å²) >= 11 is 5.87. The normalized spacial score (nSPS) is 11.4. The number of hydrogen-bond acceptors (Lipinski definition) is 4. The lowest BCUT2D eigenvalue weighted by atomic mass is 10.2. The lowest BCUT2D eigenvalue weighted by Gasteiger charge is -2.12. The van der Waals surface area contributed by atoms with E-state index in [0.717, 1.165) is 6.07 Å². The van der Waals surface area contributed by atoms with Crippen LogP contribution in [0.15, 0.2) is 58.1 Å². The number of nitrogens with zero attached hydrogens (tertiary/aromatic N) is 1. The predicted molar refractivity (Wildman–Crippen MR) is 98.2 cm³/mol. The largest absolute Gasteiger partial charge is 0.457 e. The minimum atomic E-state index is -4.98. The zero-order valence-electron chi connectivity index (χ0n) is 14.8. The van der Waals surface area contributed by atoms with Gasteiger partial charge in [0.25, 0.3) is 5.56 Å². The molecule has 0 amide bonds. The summed E-state index contributed by atoms with van der Waals surface area (Å²) in [6.07, 6.45) is -4.98. The molecule has 1 N–H and O–H groups in total. The van der Waals surface area contributed by atoms with Crippen LogP contribution in [0.5, 0.6) is 0 Å². The van der Waals surface area contributed by atoms with Crippen LogP contribution in [0.25, 0.3) is 5.69 Å². The molecule has 0 saturated carbocycles. The van der Waals surface area contributed by atoms with E-state index >= 15 is 0 Å². The van der Waals surface area contributed by atoms with Crippen molar-refractivity contribution in [1.29, 1.82) is 0 Å². The molecule has 0 aliphatic carbocycles. The van der Waals surface area contributed by atoms with E-state index < -0.39 is 40.6 Å². The van der Waals surface area contributed by atoms with Gasteiger partial charge < -0.3 is 9.72 Å². The van der Waals surface area contributed by atoms with Crippen molar-refractivity contribution in [1.82, 2.24) is 9.55 Å². The zero-order chi connectivity index (χ0) is 22.1. The number of rotatable bonds is 4. The van der Waals surface area contributed by atoms with Gasteiger partial charge in [0.1, 0.15) is 18.1 Å². The van der Waals surface area contributed by atoms with Gasteiger partial charge in [0.2, 0.25) is 0 Å². The molecule has 0 aliphatic heterocycles. The van der Waals surface area contributed by atoms with E-state index in [1.807, 2.05) is 0 Å². The number of H-pyrrole nitrogens is 1. The molecule has 3 aromatic rings. The van der Waals surface area contributed by atoms with Crippen LogP contribution >= 0.6 is 11.6 Å². The van der Waals surface area contributed by atoms with Gasteiger partial charge >= 0.3 is 17.8 Å². The van der Waals surface area contributed by atoms with E-state index in [1.54, 1.807) is 30.3 Å². The molecule has 6 nitrogen and oxygen atoms in total. The molecular formula is C19H11ClF4N2O4. The van der Waals surface area contributed by atoms with Crippen molar-refractivity contribution < 1.29 is 27.1 Å². The zero-order valence-corrected chi connectivity index (χ0v) is 15.6. The quantitative estimate of drug-likeness (QED) is 0.493. The number of carbonyl (C=O) groups is 1. The van der Waals surface area contributed by atoms with Gasteiger partial charge in [0, 0.05) is 6.07 Å². The molecule has 0 bridgehead atoms. The van der Waals surface area contributed by atoms with E-state index in [4.69, 9.17) is 16.3 Å². The number of esters is 1. The Morgan fingerprint density at radius 2 is 1.77 bits per heavy atom. The lowest BCUT2D eigenvalue weighted by molar-refractivity contribution is -0.141. The minimum Gasteiger partial charge on any atom is -0.457 e. The van der Waals surface area contributed by atoms with Gasteiger partial charge in [-0.05, 0) is 17.7 Å². The second-order valence-corrected chi connectivity index (χ2v) is 6.41. The molecule has 1 aromatic heterocycles. The molecule has 11 heteroatoms.